The Morgan fingerprint density at radius 2 is 1.26 bits per heavy atom. The van der Waals surface area contributed by atoms with E-state index in [0.29, 0.717) is 10.5 Å². The topological polar surface area (TPSA) is 43.5 Å². The first-order chi connectivity index (χ1) is 16.7. The molecule has 0 bridgehead atoms. The van der Waals surface area contributed by atoms with Crippen LogP contribution in [0, 0.1) is 0 Å². The summed E-state index contributed by atoms with van der Waals surface area (Å²) in [6, 6.07) is 12.6. The monoisotopic (exact) mass is 500 g/mol. The van der Waals surface area contributed by atoms with Crippen molar-refractivity contribution in [2.24, 2.45) is 0 Å². The third-order valence-electron chi connectivity index (χ3n) is 6.26. The highest BCUT2D eigenvalue weighted by molar-refractivity contribution is 8.01. The molecule has 0 aliphatic heterocycles. The molecule has 186 valence electrons. The molecule has 4 nitrogen and oxygen atoms in total. The third-order valence-corrected chi connectivity index (χ3v) is 8.58. The predicted molar refractivity (Wildman–Crippen MR) is 148 cm³/mol. The Labute approximate surface area is 212 Å². The number of benzene rings is 1. The maximum absolute atomic E-state index is 12.8. The molecule has 0 spiro atoms. The van der Waals surface area contributed by atoms with E-state index < -0.39 is 0 Å². The van der Waals surface area contributed by atoms with E-state index in [2.05, 4.69) is 6.92 Å². The Kier molecular flexibility index (Phi) is 12.0. The Hall–Kier alpha value is -1.79. The van der Waals surface area contributed by atoms with Crippen LogP contribution in [0.25, 0.3) is 10.5 Å². The number of nitrogens with zero attached hydrogens (tertiary/aromatic N) is 2. The molecule has 2 aromatic heterocycles. The van der Waals surface area contributed by atoms with Gasteiger partial charge in [-0.3, -0.25) is 9.59 Å². The van der Waals surface area contributed by atoms with Gasteiger partial charge in [-0.1, -0.05) is 109 Å². The van der Waals surface area contributed by atoms with E-state index in [-0.39, 0.29) is 11.1 Å². The number of thioether (sulfide) groups is 1. The first-order valence-electron chi connectivity index (χ1n) is 13.2. The first-order valence-corrected chi connectivity index (χ1v) is 15.0. The van der Waals surface area contributed by atoms with Crippen LogP contribution < -0.4 is 11.1 Å². The molecule has 0 amide bonds. The maximum Gasteiger partial charge on any atom is 0.273 e. The van der Waals surface area contributed by atoms with E-state index in [1.807, 2.05) is 30.3 Å². The van der Waals surface area contributed by atoms with Crippen molar-refractivity contribution in [1.82, 2.24) is 9.20 Å². The summed E-state index contributed by atoms with van der Waals surface area (Å²) < 4.78 is 3.93. The van der Waals surface area contributed by atoms with Crippen LogP contribution in [0.3, 0.4) is 0 Å². The molecule has 0 saturated heterocycles. The number of unbranched alkanes of at least 4 members (excludes halogenated alkanes) is 13. The number of rotatable bonds is 17. The van der Waals surface area contributed by atoms with Gasteiger partial charge in [-0.25, -0.2) is 4.68 Å². The Morgan fingerprint density at radius 3 is 1.85 bits per heavy atom. The van der Waals surface area contributed by atoms with Crippen LogP contribution in [0.15, 0.2) is 56.3 Å². The quantitative estimate of drug-likeness (QED) is 0.139. The lowest BCUT2D eigenvalue weighted by Gasteiger charge is -2.06. The highest BCUT2D eigenvalue weighted by Gasteiger charge is 2.12. The van der Waals surface area contributed by atoms with Crippen molar-refractivity contribution >= 4 is 27.9 Å². The summed E-state index contributed by atoms with van der Waals surface area (Å²) >= 11 is 3.26. The molecule has 6 heteroatoms. The minimum Gasteiger partial charge on any atom is -0.267 e. The Bertz CT molecular complexity index is 1090. The van der Waals surface area contributed by atoms with Crippen molar-refractivity contribution in [3.05, 3.63) is 63.2 Å². The highest BCUT2D eigenvalue weighted by Crippen LogP contribution is 2.26. The normalized spacial score (nSPS) is 11.4. The van der Waals surface area contributed by atoms with Crippen LogP contribution in [0.4, 0.5) is 0 Å². The molecule has 2 heterocycles. The average molecular weight is 501 g/mol. The molecule has 0 aliphatic rings. The van der Waals surface area contributed by atoms with E-state index in [0.717, 1.165) is 9.96 Å². The molecule has 0 N–H and O–H groups in total. The molecule has 0 unspecified atom stereocenters. The molecule has 3 aromatic rings. The van der Waals surface area contributed by atoms with Crippen LogP contribution >= 0.6 is 23.1 Å². The van der Waals surface area contributed by atoms with Crippen molar-refractivity contribution in [2.45, 2.75) is 101 Å². The van der Waals surface area contributed by atoms with Crippen molar-refractivity contribution in [2.75, 3.05) is 5.75 Å². The number of para-hydroxylation sites is 1. The second kappa shape index (κ2) is 15.3. The lowest BCUT2D eigenvalue weighted by Crippen LogP contribution is -2.24. The van der Waals surface area contributed by atoms with Crippen LogP contribution in [-0.2, 0) is 0 Å². The molecule has 34 heavy (non-hydrogen) atoms. The minimum atomic E-state index is -0.173. The second-order valence-electron chi connectivity index (χ2n) is 9.13. The molecule has 0 radical (unpaired) electrons. The maximum atomic E-state index is 12.8. The zero-order valence-corrected chi connectivity index (χ0v) is 22.3. The van der Waals surface area contributed by atoms with Crippen molar-refractivity contribution in [3.63, 3.8) is 0 Å². The lowest BCUT2D eigenvalue weighted by molar-refractivity contribution is 0.538. The predicted octanol–water partition coefficient (Wildman–Crippen LogP) is 8.09. The van der Waals surface area contributed by atoms with Crippen LogP contribution in [-0.4, -0.2) is 15.0 Å². The Morgan fingerprint density at radius 1 is 0.706 bits per heavy atom. The molecule has 0 saturated carbocycles. The van der Waals surface area contributed by atoms with Crippen LogP contribution in [0.1, 0.15) is 96.8 Å². The van der Waals surface area contributed by atoms with Gasteiger partial charge in [0, 0.05) is 12.1 Å². The summed E-state index contributed by atoms with van der Waals surface area (Å²) in [5, 5.41) is 0. The molecule has 0 aliphatic carbocycles. The van der Waals surface area contributed by atoms with Gasteiger partial charge < -0.3 is 0 Å². The first kappa shape index (κ1) is 26.8. The summed E-state index contributed by atoms with van der Waals surface area (Å²) in [5.41, 5.74) is 0.386. The lowest BCUT2D eigenvalue weighted by atomic mass is 10.0. The smallest absolute Gasteiger partial charge is 0.267 e. The average Bonchev–Trinajstić information content (AvgIpc) is 3.18. The molecule has 0 atom stereocenters. The van der Waals surface area contributed by atoms with Gasteiger partial charge >= 0.3 is 0 Å². The molecule has 1 aromatic carbocycles. The zero-order valence-electron chi connectivity index (χ0n) is 20.7. The van der Waals surface area contributed by atoms with Crippen LogP contribution in [0.2, 0.25) is 0 Å². The van der Waals surface area contributed by atoms with Crippen molar-refractivity contribution < 1.29 is 0 Å². The standard InChI is InChI=1S/C28H40N2O2S2/c1-2-3-4-5-6-7-8-9-10-11-12-13-14-18-21-33-28-23-26(32)30-27(34-28)22-25(31)29(30)24-19-16-15-17-20-24/h15-17,19-20,22-23H,2-14,18,21H2,1H3. The fraction of sp³-hybridized carbons (Fsp3) is 0.571. The minimum absolute atomic E-state index is 0.150. The van der Waals surface area contributed by atoms with Gasteiger partial charge in [0.15, 0.2) is 0 Å². The molecular weight excluding hydrogens is 460 g/mol. The van der Waals surface area contributed by atoms with Gasteiger partial charge in [0.05, 0.1) is 9.90 Å². The molecule has 0 fully saturated rings. The van der Waals surface area contributed by atoms with E-state index >= 15 is 0 Å². The number of aromatic nitrogens is 2. The van der Waals surface area contributed by atoms with Crippen molar-refractivity contribution in [1.29, 1.82) is 0 Å². The number of fused-ring (bicyclic) bond motifs is 1. The van der Waals surface area contributed by atoms with Gasteiger partial charge in [0.1, 0.15) is 4.83 Å². The fourth-order valence-electron chi connectivity index (χ4n) is 4.35. The van der Waals surface area contributed by atoms with Gasteiger partial charge in [0.2, 0.25) is 0 Å². The number of hydrogen-bond acceptors (Lipinski definition) is 4. The number of hydrogen-bond donors (Lipinski definition) is 0. The molecular formula is C28H40N2O2S2. The molecule has 3 rings (SSSR count). The van der Waals surface area contributed by atoms with Gasteiger partial charge in [-0.15, -0.1) is 23.1 Å². The summed E-state index contributed by atoms with van der Waals surface area (Å²) in [6.45, 7) is 2.28. The third kappa shape index (κ3) is 8.46. The van der Waals surface area contributed by atoms with E-state index in [4.69, 9.17) is 0 Å². The summed E-state index contributed by atoms with van der Waals surface area (Å²) in [6.07, 6.45) is 19.1. The summed E-state index contributed by atoms with van der Waals surface area (Å²) in [5.74, 6) is 1.02. The highest BCUT2D eigenvalue weighted by atomic mass is 32.2. The Balaban J connectivity index is 1.31. The largest absolute Gasteiger partial charge is 0.273 e. The van der Waals surface area contributed by atoms with Gasteiger partial charge in [-0.05, 0) is 24.3 Å². The second-order valence-corrected chi connectivity index (χ2v) is 11.6. The van der Waals surface area contributed by atoms with Crippen LogP contribution in [0.5, 0.6) is 0 Å². The van der Waals surface area contributed by atoms with Gasteiger partial charge in [0.25, 0.3) is 11.1 Å². The van der Waals surface area contributed by atoms with E-state index in [1.54, 1.807) is 23.9 Å². The van der Waals surface area contributed by atoms with E-state index in [9.17, 15) is 9.59 Å². The van der Waals surface area contributed by atoms with E-state index in [1.165, 1.54) is 110 Å². The zero-order chi connectivity index (χ0) is 24.0. The SMILES string of the molecule is CCCCCCCCCCCCCCCCSc1cc(=O)n2c(cc(=O)n2-c2ccccc2)s1. The summed E-state index contributed by atoms with van der Waals surface area (Å²) in [7, 11) is 0. The van der Waals surface area contributed by atoms with Gasteiger partial charge in [-0.2, -0.15) is 4.52 Å². The van der Waals surface area contributed by atoms with Crippen molar-refractivity contribution in [3.8, 4) is 5.69 Å². The summed E-state index contributed by atoms with van der Waals surface area (Å²) in [4.78, 5) is 26.0. The fourth-order valence-corrected chi connectivity index (χ4v) is 6.61.